The molecule has 0 spiro atoms. The summed E-state index contributed by atoms with van der Waals surface area (Å²) >= 11 is 1.45. The van der Waals surface area contributed by atoms with Crippen molar-refractivity contribution < 1.29 is 19.1 Å². The molecule has 0 radical (unpaired) electrons. The number of ether oxygens (including phenoxy) is 1. The Morgan fingerprint density at radius 3 is 2.48 bits per heavy atom. The first-order valence-electron chi connectivity index (χ1n) is 8.56. The Kier molecular flexibility index (Phi) is 7.48. The highest BCUT2D eigenvalue weighted by Gasteiger charge is 2.12. The molecule has 2 aromatic rings. The van der Waals surface area contributed by atoms with E-state index in [0.717, 1.165) is 10.6 Å². The van der Waals surface area contributed by atoms with Crippen LogP contribution in [0.3, 0.4) is 0 Å². The molecule has 7 nitrogen and oxygen atoms in total. The Labute approximate surface area is 162 Å². The molecule has 2 N–H and O–H groups in total. The maximum atomic E-state index is 11.9. The fourth-order valence-corrected chi connectivity index (χ4v) is 3.02. The fourth-order valence-electron chi connectivity index (χ4n) is 2.19. The maximum absolute atomic E-state index is 11.9. The van der Waals surface area contributed by atoms with Gasteiger partial charge in [0.1, 0.15) is 5.01 Å². The number of rotatable bonds is 8. The lowest BCUT2D eigenvalue weighted by Crippen LogP contribution is -2.37. The van der Waals surface area contributed by atoms with E-state index in [1.165, 1.54) is 23.9 Å². The molecule has 0 fully saturated rings. The first kappa shape index (κ1) is 20.6. The zero-order chi connectivity index (χ0) is 19.8. The number of thiazole rings is 1. The highest BCUT2D eigenvalue weighted by Crippen LogP contribution is 2.26. The number of nitrogens with zero attached hydrogens (tertiary/aromatic N) is 1. The van der Waals surface area contributed by atoms with E-state index in [1.54, 1.807) is 5.38 Å². The summed E-state index contributed by atoms with van der Waals surface area (Å²) in [6.07, 6.45) is -0.0106. The lowest BCUT2D eigenvalue weighted by molar-refractivity contribution is -0.148. The van der Waals surface area contributed by atoms with Crippen molar-refractivity contribution in [3.8, 4) is 10.6 Å². The largest absolute Gasteiger partial charge is 0.455 e. The number of benzene rings is 1. The number of carbonyl (C=O) groups is 3. The molecular weight excluding hydrogens is 366 g/mol. The van der Waals surface area contributed by atoms with Crippen molar-refractivity contribution >= 4 is 29.1 Å². The Hall–Kier alpha value is -2.74. The number of hydrogen-bond acceptors (Lipinski definition) is 6. The summed E-state index contributed by atoms with van der Waals surface area (Å²) in [5.74, 6) is -0.936. The molecule has 1 aromatic heterocycles. The molecule has 144 valence electrons. The number of nitrogens with one attached hydrogen (secondary N) is 2. The molecule has 0 saturated carbocycles. The average Bonchev–Trinajstić information content (AvgIpc) is 3.12. The Morgan fingerprint density at radius 1 is 1.15 bits per heavy atom. The van der Waals surface area contributed by atoms with Gasteiger partial charge in [0.2, 0.25) is 5.91 Å². The molecule has 0 aliphatic rings. The highest BCUT2D eigenvalue weighted by atomic mass is 32.1. The van der Waals surface area contributed by atoms with Gasteiger partial charge >= 0.3 is 5.97 Å². The molecule has 0 unspecified atom stereocenters. The lowest BCUT2D eigenvalue weighted by atomic mass is 10.0. The number of esters is 1. The van der Waals surface area contributed by atoms with E-state index < -0.39 is 18.5 Å². The fraction of sp³-hybridized carbons (Fsp3) is 0.368. The molecule has 0 saturated heterocycles. The summed E-state index contributed by atoms with van der Waals surface area (Å²) in [4.78, 5) is 38.8. The Morgan fingerprint density at radius 2 is 1.85 bits per heavy atom. The zero-order valence-electron chi connectivity index (χ0n) is 15.6. The average molecular weight is 389 g/mol. The second-order valence-corrected chi connectivity index (χ2v) is 7.07. The van der Waals surface area contributed by atoms with Crippen LogP contribution >= 0.6 is 11.3 Å². The van der Waals surface area contributed by atoms with Crippen molar-refractivity contribution in [3.05, 3.63) is 40.9 Å². The summed E-state index contributed by atoms with van der Waals surface area (Å²) in [6.45, 7) is 3.70. The van der Waals surface area contributed by atoms with Gasteiger partial charge in [-0.05, 0) is 11.5 Å². The summed E-state index contributed by atoms with van der Waals surface area (Å²) in [7, 11) is 1.47. The molecule has 8 heteroatoms. The van der Waals surface area contributed by atoms with Gasteiger partial charge < -0.3 is 15.4 Å². The SMILES string of the molecule is CNC(=O)CNC(=O)COC(=O)Cc1csc(-c2ccc(C(C)C)cc2)n1. The lowest BCUT2D eigenvalue weighted by Gasteiger charge is -2.05. The van der Waals surface area contributed by atoms with Gasteiger partial charge in [-0.2, -0.15) is 0 Å². The first-order valence-corrected chi connectivity index (χ1v) is 9.44. The van der Waals surface area contributed by atoms with Gasteiger partial charge in [0.25, 0.3) is 5.91 Å². The van der Waals surface area contributed by atoms with Gasteiger partial charge in [-0.3, -0.25) is 14.4 Å². The molecule has 1 heterocycles. The third-order valence-electron chi connectivity index (χ3n) is 3.79. The van der Waals surface area contributed by atoms with Gasteiger partial charge in [-0.25, -0.2) is 4.98 Å². The summed E-state index contributed by atoms with van der Waals surface area (Å²) < 4.78 is 4.91. The number of hydrogen-bond donors (Lipinski definition) is 2. The maximum Gasteiger partial charge on any atom is 0.312 e. The van der Waals surface area contributed by atoms with Crippen LogP contribution in [0, 0.1) is 0 Å². The predicted octanol–water partition coefficient (Wildman–Crippen LogP) is 1.88. The van der Waals surface area contributed by atoms with Crippen LogP contribution in [-0.2, 0) is 25.5 Å². The van der Waals surface area contributed by atoms with Crippen molar-refractivity contribution in [2.24, 2.45) is 0 Å². The first-order chi connectivity index (χ1) is 12.9. The molecular formula is C19H23N3O4S. The highest BCUT2D eigenvalue weighted by molar-refractivity contribution is 7.13. The third-order valence-corrected chi connectivity index (χ3v) is 4.73. The van der Waals surface area contributed by atoms with Gasteiger partial charge in [-0.15, -0.1) is 11.3 Å². The van der Waals surface area contributed by atoms with E-state index in [2.05, 4.69) is 41.6 Å². The van der Waals surface area contributed by atoms with Crippen molar-refractivity contribution in [3.63, 3.8) is 0 Å². The smallest absolute Gasteiger partial charge is 0.312 e. The van der Waals surface area contributed by atoms with Crippen LogP contribution in [0.2, 0.25) is 0 Å². The summed E-state index contributed by atoms with van der Waals surface area (Å²) in [5.41, 5.74) is 2.85. The minimum atomic E-state index is -0.544. The number of aromatic nitrogens is 1. The summed E-state index contributed by atoms with van der Waals surface area (Å²) in [6, 6.07) is 8.19. The predicted molar refractivity (Wildman–Crippen MR) is 103 cm³/mol. The monoisotopic (exact) mass is 389 g/mol. The van der Waals surface area contributed by atoms with Gasteiger partial charge in [0, 0.05) is 18.0 Å². The molecule has 0 bridgehead atoms. The van der Waals surface area contributed by atoms with E-state index in [9.17, 15) is 14.4 Å². The molecule has 0 aliphatic heterocycles. The van der Waals surface area contributed by atoms with Crippen LogP contribution in [0.15, 0.2) is 29.6 Å². The van der Waals surface area contributed by atoms with Crippen LogP contribution in [-0.4, -0.2) is 43.0 Å². The second kappa shape index (κ2) is 9.82. The van der Waals surface area contributed by atoms with Crippen LogP contribution in [0.5, 0.6) is 0 Å². The number of likely N-dealkylation sites (N-methyl/N-ethyl adjacent to an activating group) is 1. The van der Waals surface area contributed by atoms with Crippen molar-refractivity contribution in [2.75, 3.05) is 20.2 Å². The standard InChI is InChI=1S/C19H23N3O4S/c1-12(2)13-4-6-14(7-5-13)19-22-15(11-27-19)8-18(25)26-10-17(24)21-9-16(23)20-3/h4-7,11-12H,8-10H2,1-3H3,(H,20,23)(H,21,24). The van der Waals surface area contributed by atoms with Crippen LogP contribution in [0.1, 0.15) is 31.0 Å². The van der Waals surface area contributed by atoms with E-state index in [1.807, 2.05) is 12.1 Å². The third kappa shape index (κ3) is 6.49. The molecule has 0 atom stereocenters. The minimum absolute atomic E-state index is 0.0106. The Balaban J connectivity index is 1.83. The van der Waals surface area contributed by atoms with E-state index in [-0.39, 0.29) is 18.9 Å². The van der Waals surface area contributed by atoms with Crippen LogP contribution in [0.4, 0.5) is 0 Å². The van der Waals surface area contributed by atoms with Gasteiger partial charge in [0.15, 0.2) is 6.61 Å². The van der Waals surface area contributed by atoms with Gasteiger partial charge in [0.05, 0.1) is 18.7 Å². The molecule has 1 aromatic carbocycles. The van der Waals surface area contributed by atoms with E-state index >= 15 is 0 Å². The molecule has 2 amide bonds. The normalized spacial score (nSPS) is 10.5. The van der Waals surface area contributed by atoms with Crippen LogP contribution in [0.25, 0.3) is 10.6 Å². The zero-order valence-corrected chi connectivity index (χ0v) is 16.4. The van der Waals surface area contributed by atoms with E-state index in [0.29, 0.717) is 11.6 Å². The summed E-state index contributed by atoms with van der Waals surface area (Å²) in [5, 5.41) is 7.36. The number of carbonyl (C=O) groups excluding carboxylic acids is 3. The molecule has 27 heavy (non-hydrogen) atoms. The van der Waals surface area contributed by atoms with Crippen molar-refractivity contribution in [1.82, 2.24) is 15.6 Å². The Bertz CT molecular complexity index is 800. The molecule has 0 aliphatic carbocycles. The minimum Gasteiger partial charge on any atom is -0.455 e. The quantitative estimate of drug-likeness (QED) is 0.672. The van der Waals surface area contributed by atoms with Gasteiger partial charge in [-0.1, -0.05) is 38.1 Å². The van der Waals surface area contributed by atoms with Crippen LogP contribution < -0.4 is 10.6 Å². The van der Waals surface area contributed by atoms with Crippen molar-refractivity contribution in [1.29, 1.82) is 0 Å². The van der Waals surface area contributed by atoms with E-state index in [4.69, 9.17) is 4.74 Å². The topological polar surface area (TPSA) is 97.4 Å². The second-order valence-electron chi connectivity index (χ2n) is 6.21. The number of amides is 2. The molecule has 2 rings (SSSR count). The van der Waals surface area contributed by atoms with Crippen molar-refractivity contribution in [2.45, 2.75) is 26.2 Å².